The van der Waals surface area contributed by atoms with Gasteiger partial charge in [-0.2, -0.15) is 13.2 Å². The largest absolute Gasteiger partial charge is 0.482 e. The van der Waals surface area contributed by atoms with Crippen LogP contribution in [0.4, 0.5) is 18.9 Å². The van der Waals surface area contributed by atoms with Crippen LogP contribution in [0.25, 0.3) is 0 Å². The van der Waals surface area contributed by atoms with Crippen LogP contribution in [0.1, 0.15) is 13.3 Å². The van der Waals surface area contributed by atoms with Gasteiger partial charge in [0.1, 0.15) is 5.75 Å². The minimum Gasteiger partial charge on any atom is -0.482 e. The number of hydrogen-bond donors (Lipinski definition) is 2. The second-order valence-corrected chi connectivity index (χ2v) is 4.37. The number of ether oxygens (including phenoxy) is 1. The Kier molecular flexibility index (Phi) is 5.82. The molecule has 20 heavy (non-hydrogen) atoms. The number of para-hydroxylation sites is 2. The molecule has 0 fully saturated rings. The quantitative estimate of drug-likeness (QED) is 0.846. The number of nitrogens with one attached hydrogen (secondary N) is 1. The molecular formula is C13H17F3N2O2. The van der Waals surface area contributed by atoms with Crippen molar-refractivity contribution in [2.45, 2.75) is 19.5 Å². The number of amides is 1. The number of rotatable bonds is 6. The molecule has 0 saturated heterocycles. The highest BCUT2D eigenvalue weighted by Crippen LogP contribution is 2.26. The third-order valence-electron chi connectivity index (χ3n) is 2.58. The molecule has 112 valence electrons. The standard InChI is InChI=1S/C13H17F3N2O2/c1-9(6-7-17)12(19)18-10-4-2-3-5-11(10)20-8-13(14,15)16/h2-5,9H,6-8,17H2,1H3,(H,18,19). The maximum absolute atomic E-state index is 12.1. The first-order chi connectivity index (χ1) is 9.33. The Labute approximate surface area is 115 Å². The summed E-state index contributed by atoms with van der Waals surface area (Å²) in [5, 5.41) is 2.54. The summed E-state index contributed by atoms with van der Waals surface area (Å²) in [7, 11) is 0. The fourth-order valence-electron chi connectivity index (χ4n) is 1.49. The zero-order valence-electron chi connectivity index (χ0n) is 11.0. The third-order valence-corrected chi connectivity index (χ3v) is 2.58. The SMILES string of the molecule is CC(CCN)C(=O)Nc1ccccc1OCC(F)(F)F. The first-order valence-corrected chi connectivity index (χ1v) is 6.13. The molecule has 1 atom stereocenters. The highest BCUT2D eigenvalue weighted by molar-refractivity contribution is 5.93. The van der Waals surface area contributed by atoms with Crippen LogP contribution in [-0.4, -0.2) is 25.2 Å². The summed E-state index contributed by atoms with van der Waals surface area (Å²) in [5.41, 5.74) is 5.57. The Morgan fingerprint density at radius 2 is 2.05 bits per heavy atom. The molecule has 0 aliphatic heterocycles. The first kappa shape index (κ1) is 16.3. The Hall–Kier alpha value is -1.76. The summed E-state index contributed by atoms with van der Waals surface area (Å²) in [4.78, 5) is 11.8. The van der Waals surface area contributed by atoms with Gasteiger partial charge in [0, 0.05) is 5.92 Å². The molecule has 7 heteroatoms. The number of benzene rings is 1. The highest BCUT2D eigenvalue weighted by Gasteiger charge is 2.29. The molecule has 0 aromatic heterocycles. The molecule has 1 unspecified atom stereocenters. The van der Waals surface area contributed by atoms with Crippen molar-refractivity contribution in [3.05, 3.63) is 24.3 Å². The van der Waals surface area contributed by atoms with E-state index in [-0.39, 0.29) is 23.3 Å². The molecule has 3 N–H and O–H groups in total. The van der Waals surface area contributed by atoms with Crippen molar-refractivity contribution in [1.29, 1.82) is 0 Å². The molecule has 0 heterocycles. The van der Waals surface area contributed by atoms with Gasteiger partial charge in [-0.05, 0) is 25.1 Å². The number of carbonyl (C=O) groups is 1. The van der Waals surface area contributed by atoms with Crippen molar-refractivity contribution < 1.29 is 22.7 Å². The van der Waals surface area contributed by atoms with Gasteiger partial charge in [0.25, 0.3) is 0 Å². The maximum atomic E-state index is 12.1. The lowest BCUT2D eigenvalue weighted by molar-refractivity contribution is -0.153. The van der Waals surface area contributed by atoms with Crippen LogP contribution in [0, 0.1) is 5.92 Å². The molecule has 0 spiro atoms. The van der Waals surface area contributed by atoms with Crippen LogP contribution in [0.2, 0.25) is 0 Å². The van der Waals surface area contributed by atoms with Crippen LogP contribution < -0.4 is 15.8 Å². The summed E-state index contributed by atoms with van der Waals surface area (Å²) in [6.45, 7) is 0.653. The first-order valence-electron chi connectivity index (χ1n) is 6.13. The van der Waals surface area contributed by atoms with Gasteiger partial charge < -0.3 is 15.8 Å². The molecule has 0 aliphatic carbocycles. The van der Waals surface area contributed by atoms with Gasteiger partial charge in [-0.1, -0.05) is 19.1 Å². The molecule has 1 amide bonds. The number of halogens is 3. The molecule has 1 rings (SSSR count). The predicted octanol–water partition coefficient (Wildman–Crippen LogP) is 2.55. The van der Waals surface area contributed by atoms with E-state index in [1.165, 1.54) is 18.2 Å². The molecule has 0 aliphatic rings. The van der Waals surface area contributed by atoms with Gasteiger partial charge in [0.2, 0.25) is 5.91 Å². The predicted molar refractivity (Wildman–Crippen MR) is 69.5 cm³/mol. The zero-order chi connectivity index (χ0) is 15.2. The van der Waals surface area contributed by atoms with Gasteiger partial charge in [-0.15, -0.1) is 0 Å². The molecule has 4 nitrogen and oxygen atoms in total. The van der Waals surface area contributed by atoms with E-state index in [1.54, 1.807) is 13.0 Å². The Morgan fingerprint density at radius 1 is 1.40 bits per heavy atom. The number of hydrogen-bond acceptors (Lipinski definition) is 3. The van der Waals surface area contributed by atoms with Gasteiger partial charge in [0.05, 0.1) is 5.69 Å². The number of nitrogens with two attached hydrogens (primary N) is 1. The summed E-state index contributed by atoms with van der Waals surface area (Å²) in [5.74, 6) is -0.646. The minimum absolute atomic E-state index is 0.0156. The Morgan fingerprint density at radius 3 is 2.65 bits per heavy atom. The van der Waals surface area contributed by atoms with Crippen LogP contribution in [0.3, 0.4) is 0 Å². The van der Waals surface area contributed by atoms with E-state index in [9.17, 15) is 18.0 Å². The Bertz CT molecular complexity index is 449. The fourth-order valence-corrected chi connectivity index (χ4v) is 1.49. The van der Waals surface area contributed by atoms with Crippen LogP contribution >= 0.6 is 0 Å². The van der Waals surface area contributed by atoms with Crippen molar-refractivity contribution in [2.75, 3.05) is 18.5 Å². The zero-order valence-corrected chi connectivity index (χ0v) is 11.0. The van der Waals surface area contributed by atoms with Crippen molar-refractivity contribution in [3.8, 4) is 5.75 Å². The molecule has 0 radical (unpaired) electrons. The van der Waals surface area contributed by atoms with Crippen molar-refractivity contribution >= 4 is 11.6 Å². The summed E-state index contributed by atoms with van der Waals surface area (Å²) >= 11 is 0. The van der Waals surface area contributed by atoms with Crippen LogP contribution in [0.15, 0.2) is 24.3 Å². The minimum atomic E-state index is -4.43. The second-order valence-electron chi connectivity index (χ2n) is 4.37. The van der Waals surface area contributed by atoms with Crippen molar-refractivity contribution in [3.63, 3.8) is 0 Å². The summed E-state index contributed by atoms with van der Waals surface area (Å²) in [6, 6.07) is 5.99. The highest BCUT2D eigenvalue weighted by atomic mass is 19.4. The average Bonchev–Trinajstić information content (AvgIpc) is 2.37. The van der Waals surface area contributed by atoms with E-state index in [1.807, 2.05) is 0 Å². The van der Waals surface area contributed by atoms with E-state index >= 15 is 0 Å². The lowest BCUT2D eigenvalue weighted by atomic mass is 10.1. The number of alkyl halides is 3. The average molecular weight is 290 g/mol. The number of anilines is 1. The fraction of sp³-hybridized carbons (Fsp3) is 0.462. The lowest BCUT2D eigenvalue weighted by Crippen LogP contribution is -2.24. The summed E-state index contributed by atoms with van der Waals surface area (Å²) in [6.07, 6.45) is -3.93. The van der Waals surface area contributed by atoms with Gasteiger partial charge in [-0.25, -0.2) is 0 Å². The van der Waals surface area contributed by atoms with E-state index in [2.05, 4.69) is 10.1 Å². The number of carbonyl (C=O) groups excluding carboxylic acids is 1. The molecular weight excluding hydrogens is 273 g/mol. The molecule has 1 aromatic carbocycles. The lowest BCUT2D eigenvalue weighted by Gasteiger charge is -2.15. The van der Waals surface area contributed by atoms with E-state index in [0.29, 0.717) is 13.0 Å². The third kappa shape index (κ3) is 5.48. The molecule has 0 bridgehead atoms. The topological polar surface area (TPSA) is 64.4 Å². The van der Waals surface area contributed by atoms with Gasteiger partial charge in [-0.3, -0.25) is 4.79 Å². The summed E-state index contributed by atoms with van der Waals surface area (Å²) < 4.78 is 41.1. The Balaban J connectivity index is 2.72. The van der Waals surface area contributed by atoms with E-state index in [0.717, 1.165) is 0 Å². The van der Waals surface area contributed by atoms with E-state index in [4.69, 9.17) is 5.73 Å². The maximum Gasteiger partial charge on any atom is 0.422 e. The van der Waals surface area contributed by atoms with Crippen molar-refractivity contribution in [2.24, 2.45) is 11.7 Å². The van der Waals surface area contributed by atoms with Gasteiger partial charge >= 0.3 is 6.18 Å². The van der Waals surface area contributed by atoms with Crippen LogP contribution in [-0.2, 0) is 4.79 Å². The van der Waals surface area contributed by atoms with E-state index < -0.39 is 12.8 Å². The van der Waals surface area contributed by atoms with Gasteiger partial charge in [0.15, 0.2) is 6.61 Å². The second kappa shape index (κ2) is 7.14. The normalized spacial score (nSPS) is 12.8. The molecule has 1 aromatic rings. The molecule has 0 saturated carbocycles. The van der Waals surface area contributed by atoms with Crippen molar-refractivity contribution in [1.82, 2.24) is 0 Å². The monoisotopic (exact) mass is 290 g/mol. The smallest absolute Gasteiger partial charge is 0.422 e. The van der Waals surface area contributed by atoms with Crippen LogP contribution in [0.5, 0.6) is 5.75 Å².